The molecule has 6 heteroatoms. The Kier molecular flexibility index (Phi) is 5.94. The van der Waals surface area contributed by atoms with E-state index in [0.717, 1.165) is 41.2 Å². The number of aryl methyl sites for hydroxylation is 1. The molecule has 0 bridgehead atoms. The summed E-state index contributed by atoms with van der Waals surface area (Å²) in [5, 5.41) is 7.73. The zero-order chi connectivity index (χ0) is 21.8. The first-order chi connectivity index (χ1) is 15.8. The number of nitrogens with zero attached hydrogens (tertiary/aromatic N) is 2. The van der Waals surface area contributed by atoms with E-state index in [2.05, 4.69) is 26.7 Å². The number of pyridine rings is 2. The maximum atomic E-state index is 13.0. The lowest BCUT2D eigenvalue weighted by atomic mass is 9.90. The number of carbonyl (C=O) groups is 1. The molecule has 32 heavy (non-hydrogen) atoms. The largest absolute Gasteiger partial charge is 0.359 e. The van der Waals surface area contributed by atoms with Gasteiger partial charge in [0.05, 0.1) is 6.04 Å². The Hall–Kier alpha value is -3.51. The first-order valence-corrected chi connectivity index (χ1v) is 11.7. The first kappa shape index (κ1) is 20.4. The van der Waals surface area contributed by atoms with E-state index >= 15 is 0 Å². The second-order valence-corrected chi connectivity index (χ2v) is 8.96. The highest BCUT2D eigenvalue weighted by molar-refractivity contribution is 7.16. The maximum absolute atomic E-state index is 13.0. The Morgan fingerprint density at radius 2 is 1.78 bits per heavy atom. The minimum absolute atomic E-state index is 0.0896. The van der Waals surface area contributed by atoms with Crippen molar-refractivity contribution in [2.45, 2.75) is 31.7 Å². The van der Waals surface area contributed by atoms with Crippen LogP contribution >= 0.6 is 11.3 Å². The molecule has 2 N–H and O–H groups in total. The average Bonchev–Trinajstić information content (AvgIpc) is 3.22. The predicted molar refractivity (Wildman–Crippen MR) is 129 cm³/mol. The molecule has 0 radical (unpaired) electrons. The van der Waals surface area contributed by atoms with Crippen molar-refractivity contribution >= 4 is 28.1 Å². The Balaban J connectivity index is 1.59. The van der Waals surface area contributed by atoms with Crippen molar-refractivity contribution in [1.29, 1.82) is 0 Å². The van der Waals surface area contributed by atoms with E-state index in [0.29, 0.717) is 5.56 Å². The van der Waals surface area contributed by atoms with E-state index < -0.39 is 0 Å². The third kappa shape index (κ3) is 4.27. The van der Waals surface area contributed by atoms with Crippen molar-refractivity contribution in [2.75, 3.05) is 10.6 Å². The van der Waals surface area contributed by atoms with Crippen LogP contribution in [0.2, 0.25) is 0 Å². The molecule has 1 aliphatic carbocycles. The molecule has 1 aromatic carbocycles. The van der Waals surface area contributed by atoms with Gasteiger partial charge in [0.1, 0.15) is 10.8 Å². The molecule has 1 amide bonds. The highest BCUT2D eigenvalue weighted by atomic mass is 32.1. The topological polar surface area (TPSA) is 66.9 Å². The van der Waals surface area contributed by atoms with E-state index in [1.165, 1.54) is 16.9 Å². The number of rotatable bonds is 6. The van der Waals surface area contributed by atoms with Gasteiger partial charge in [-0.25, -0.2) is 4.98 Å². The molecular formula is C26H24N4OS. The Labute approximate surface area is 191 Å². The van der Waals surface area contributed by atoms with Gasteiger partial charge in [0, 0.05) is 34.6 Å². The molecule has 160 valence electrons. The summed E-state index contributed by atoms with van der Waals surface area (Å²) in [5.41, 5.74) is 4.18. The summed E-state index contributed by atoms with van der Waals surface area (Å²) in [6.45, 7) is 0. The van der Waals surface area contributed by atoms with Crippen LogP contribution in [0.4, 0.5) is 10.8 Å². The third-order valence-corrected chi connectivity index (χ3v) is 6.96. The smallest absolute Gasteiger partial charge is 0.256 e. The number of thiophene rings is 1. The fraction of sp³-hybridized carbons (Fsp3) is 0.192. The average molecular weight is 441 g/mol. The molecule has 1 atom stereocenters. The molecule has 0 fully saturated rings. The van der Waals surface area contributed by atoms with Crippen LogP contribution in [0.3, 0.4) is 0 Å². The van der Waals surface area contributed by atoms with E-state index in [9.17, 15) is 4.79 Å². The van der Waals surface area contributed by atoms with Crippen LogP contribution in [0, 0.1) is 0 Å². The molecule has 0 spiro atoms. The lowest BCUT2D eigenvalue weighted by Crippen LogP contribution is -2.19. The van der Waals surface area contributed by atoms with Gasteiger partial charge >= 0.3 is 0 Å². The number of nitrogens with one attached hydrogen (secondary N) is 2. The lowest BCUT2D eigenvalue weighted by molar-refractivity contribution is 0.102. The van der Waals surface area contributed by atoms with Crippen LogP contribution in [0.25, 0.3) is 0 Å². The van der Waals surface area contributed by atoms with Crippen LogP contribution in [0.1, 0.15) is 50.8 Å². The second kappa shape index (κ2) is 9.32. The number of fused-ring (bicyclic) bond motifs is 1. The number of aromatic nitrogens is 2. The predicted octanol–water partition coefficient (Wildman–Crippen LogP) is 5.87. The van der Waals surface area contributed by atoms with Gasteiger partial charge < -0.3 is 10.6 Å². The van der Waals surface area contributed by atoms with Crippen molar-refractivity contribution < 1.29 is 4.79 Å². The van der Waals surface area contributed by atoms with Crippen molar-refractivity contribution in [3.8, 4) is 0 Å². The van der Waals surface area contributed by atoms with E-state index in [1.807, 2.05) is 60.8 Å². The fourth-order valence-corrected chi connectivity index (χ4v) is 5.54. The first-order valence-electron chi connectivity index (χ1n) is 10.9. The van der Waals surface area contributed by atoms with Crippen molar-refractivity contribution in [3.63, 3.8) is 0 Å². The molecule has 0 saturated carbocycles. The van der Waals surface area contributed by atoms with Crippen molar-refractivity contribution in [1.82, 2.24) is 9.97 Å². The Morgan fingerprint density at radius 3 is 2.56 bits per heavy atom. The number of hydrogen-bond donors (Lipinski definition) is 2. The number of benzene rings is 1. The highest BCUT2D eigenvalue weighted by Crippen LogP contribution is 2.44. The number of amides is 1. The van der Waals surface area contributed by atoms with Gasteiger partial charge in [0.2, 0.25) is 0 Å². The standard InChI is InChI=1S/C26H24N4OS/c31-25(18-9-2-1-3-10-18)30-26-23(20-12-4-5-13-21(20)32-26)24(19-11-8-15-27-17-19)29-22-14-6-7-16-28-22/h1-3,6-11,14-17,24H,4-5,12-13H2,(H,28,29)(H,30,31). The van der Waals surface area contributed by atoms with Crippen molar-refractivity contribution in [3.05, 3.63) is 106 Å². The lowest BCUT2D eigenvalue weighted by Gasteiger charge is -2.23. The van der Waals surface area contributed by atoms with Crippen LogP contribution in [0.5, 0.6) is 0 Å². The minimum Gasteiger partial charge on any atom is -0.359 e. The molecule has 3 aromatic heterocycles. The SMILES string of the molecule is O=C(Nc1sc2c(c1C(Nc1ccccn1)c1cccnc1)CCCC2)c1ccccc1. The van der Waals surface area contributed by atoms with Crippen LogP contribution in [0.15, 0.2) is 79.3 Å². The van der Waals surface area contributed by atoms with Gasteiger partial charge in [-0.2, -0.15) is 0 Å². The summed E-state index contributed by atoms with van der Waals surface area (Å²) in [7, 11) is 0. The van der Waals surface area contributed by atoms with Crippen molar-refractivity contribution in [2.24, 2.45) is 0 Å². The zero-order valence-corrected chi connectivity index (χ0v) is 18.4. The Morgan fingerprint density at radius 1 is 0.938 bits per heavy atom. The monoisotopic (exact) mass is 440 g/mol. The van der Waals surface area contributed by atoms with Crippen LogP contribution in [-0.4, -0.2) is 15.9 Å². The molecule has 1 aliphatic rings. The van der Waals surface area contributed by atoms with E-state index in [4.69, 9.17) is 0 Å². The number of anilines is 2. The summed E-state index contributed by atoms with van der Waals surface area (Å²) >= 11 is 1.71. The van der Waals surface area contributed by atoms with Gasteiger partial charge in [-0.05, 0) is 67.1 Å². The quantitative estimate of drug-likeness (QED) is 0.393. The minimum atomic E-state index is -0.164. The van der Waals surface area contributed by atoms with E-state index in [-0.39, 0.29) is 11.9 Å². The van der Waals surface area contributed by atoms with E-state index in [1.54, 1.807) is 23.7 Å². The van der Waals surface area contributed by atoms with Gasteiger partial charge in [0.15, 0.2) is 0 Å². The normalized spacial score (nSPS) is 13.8. The molecule has 5 rings (SSSR count). The Bertz CT molecular complexity index is 1190. The van der Waals surface area contributed by atoms with Gasteiger partial charge in [-0.1, -0.05) is 30.3 Å². The molecule has 0 aliphatic heterocycles. The van der Waals surface area contributed by atoms with Gasteiger partial charge in [-0.15, -0.1) is 11.3 Å². The highest BCUT2D eigenvalue weighted by Gasteiger charge is 2.29. The fourth-order valence-electron chi connectivity index (χ4n) is 4.22. The summed E-state index contributed by atoms with van der Waals surface area (Å²) in [5.74, 6) is 0.700. The maximum Gasteiger partial charge on any atom is 0.256 e. The third-order valence-electron chi connectivity index (χ3n) is 5.74. The van der Waals surface area contributed by atoms with Crippen LogP contribution < -0.4 is 10.6 Å². The zero-order valence-electron chi connectivity index (χ0n) is 17.6. The van der Waals surface area contributed by atoms with Gasteiger partial charge in [0.25, 0.3) is 5.91 Å². The molecule has 1 unspecified atom stereocenters. The summed E-state index contributed by atoms with van der Waals surface area (Å²) in [6, 6.07) is 19.1. The second-order valence-electron chi connectivity index (χ2n) is 7.85. The van der Waals surface area contributed by atoms with Gasteiger partial charge in [-0.3, -0.25) is 9.78 Å². The molecule has 3 heterocycles. The number of carbonyl (C=O) groups excluding carboxylic acids is 1. The summed E-state index contributed by atoms with van der Waals surface area (Å²) in [6.07, 6.45) is 9.86. The molecule has 4 aromatic rings. The summed E-state index contributed by atoms with van der Waals surface area (Å²) in [4.78, 5) is 23.3. The molecule has 5 nitrogen and oxygen atoms in total. The molecular weight excluding hydrogens is 416 g/mol. The van der Waals surface area contributed by atoms with Crippen LogP contribution in [-0.2, 0) is 12.8 Å². The summed E-state index contributed by atoms with van der Waals surface area (Å²) < 4.78 is 0. The molecule has 0 saturated heterocycles. The number of hydrogen-bond acceptors (Lipinski definition) is 5.